The summed E-state index contributed by atoms with van der Waals surface area (Å²) in [5, 5.41) is 0. The van der Waals surface area contributed by atoms with Crippen LogP contribution in [0.4, 0.5) is 0 Å². The van der Waals surface area contributed by atoms with Gasteiger partial charge in [-0.15, -0.1) is 0 Å². The van der Waals surface area contributed by atoms with Crippen molar-refractivity contribution < 1.29 is 4.84 Å². The first-order chi connectivity index (χ1) is 3.93. The first-order valence-electron chi connectivity index (χ1n) is 2.91. The van der Waals surface area contributed by atoms with Crippen LogP contribution in [0.15, 0.2) is 12.2 Å². The van der Waals surface area contributed by atoms with Crippen LogP contribution < -0.4 is 5.48 Å². The molecular weight excluding hydrogens is 102 g/mol. The van der Waals surface area contributed by atoms with Gasteiger partial charge in [0.15, 0.2) is 0 Å². The molecular formula is C6H11NO. The molecule has 1 N–H and O–H groups in total. The van der Waals surface area contributed by atoms with E-state index in [1.165, 1.54) is 0 Å². The molecule has 0 saturated heterocycles. The Balaban J connectivity index is 2.10. The number of hydrogen-bond acceptors (Lipinski definition) is 2. The molecule has 0 amide bonds. The van der Waals surface area contributed by atoms with Crippen molar-refractivity contribution in [1.82, 2.24) is 5.48 Å². The highest BCUT2D eigenvalue weighted by Gasteiger charge is 2.08. The Morgan fingerprint density at radius 3 is 2.62 bits per heavy atom. The molecule has 0 saturated carbocycles. The summed E-state index contributed by atoms with van der Waals surface area (Å²) < 4.78 is 0. The zero-order valence-electron chi connectivity index (χ0n) is 5.05. The predicted molar refractivity (Wildman–Crippen MR) is 32.3 cm³/mol. The first kappa shape index (κ1) is 5.79. The van der Waals surface area contributed by atoms with E-state index in [1.807, 2.05) is 0 Å². The van der Waals surface area contributed by atoms with Crippen LogP contribution >= 0.6 is 0 Å². The van der Waals surface area contributed by atoms with Crippen molar-refractivity contribution in [2.24, 2.45) is 0 Å². The van der Waals surface area contributed by atoms with Crippen molar-refractivity contribution >= 4 is 0 Å². The van der Waals surface area contributed by atoms with Gasteiger partial charge in [0.1, 0.15) is 0 Å². The quantitative estimate of drug-likeness (QED) is 0.423. The maximum absolute atomic E-state index is 5.09. The van der Waals surface area contributed by atoms with E-state index in [0.717, 1.165) is 12.8 Å². The zero-order chi connectivity index (χ0) is 5.82. The van der Waals surface area contributed by atoms with E-state index in [4.69, 9.17) is 4.84 Å². The fraction of sp³-hybridized carbons (Fsp3) is 0.667. The van der Waals surface area contributed by atoms with Gasteiger partial charge in [-0.2, -0.15) is 0 Å². The fourth-order valence-electron chi connectivity index (χ4n) is 0.855. The third-order valence-electron chi connectivity index (χ3n) is 1.25. The maximum Gasteiger partial charge on any atom is 0.0858 e. The maximum atomic E-state index is 5.09. The molecule has 8 heavy (non-hydrogen) atoms. The van der Waals surface area contributed by atoms with Gasteiger partial charge in [-0.1, -0.05) is 12.2 Å². The van der Waals surface area contributed by atoms with Gasteiger partial charge in [0, 0.05) is 7.05 Å². The molecule has 0 aliphatic heterocycles. The molecule has 1 aliphatic carbocycles. The molecule has 46 valence electrons. The summed E-state index contributed by atoms with van der Waals surface area (Å²) in [5.74, 6) is 0. The Bertz CT molecular complexity index is 82.5. The Morgan fingerprint density at radius 2 is 2.12 bits per heavy atom. The Hall–Kier alpha value is -0.340. The van der Waals surface area contributed by atoms with E-state index >= 15 is 0 Å². The molecule has 0 aromatic rings. The molecule has 2 heteroatoms. The third-order valence-corrected chi connectivity index (χ3v) is 1.25. The van der Waals surface area contributed by atoms with Crippen LogP contribution in [-0.2, 0) is 4.84 Å². The van der Waals surface area contributed by atoms with Crippen molar-refractivity contribution in [2.45, 2.75) is 18.9 Å². The predicted octanol–water partition coefficient (Wildman–Crippen LogP) is 0.856. The summed E-state index contributed by atoms with van der Waals surface area (Å²) in [6.45, 7) is 0. The molecule has 0 spiro atoms. The van der Waals surface area contributed by atoms with Crippen LogP contribution in [0, 0.1) is 0 Å². The number of hydroxylamine groups is 1. The van der Waals surface area contributed by atoms with Gasteiger partial charge in [0.2, 0.25) is 0 Å². The number of nitrogens with one attached hydrogen (secondary N) is 1. The lowest BCUT2D eigenvalue weighted by atomic mass is 10.3. The van der Waals surface area contributed by atoms with Gasteiger partial charge in [-0.25, -0.2) is 5.48 Å². The topological polar surface area (TPSA) is 21.3 Å². The van der Waals surface area contributed by atoms with E-state index in [1.54, 1.807) is 7.05 Å². The van der Waals surface area contributed by atoms with E-state index in [0.29, 0.717) is 6.10 Å². The smallest absolute Gasteiger partial charge is 0.0858 e. The highest BCUT2D eigenvalue weighted by Crippen LogP contribution is 2.11. The Morgan fingerprint density at radius 1 is 1.50 bits per heavy atom. The van der Waals surface area contributed by atoms with E-state index in [-0.39, 0.29) is 0 Å². The molecule has 0 bridgehead atoms. The second-order valence-electron chi connectivity index (χ2n) is 1.89. The molecule has 0 aromatic heterocycles. The van der Waals surface area contributed by atoms with Crippen molar-refractivity contribution in [3.8, 4) is 0 Å². The fourth-order valence-corrected chi connectivity index (χ4v) is 0.855. The summed E-state index contributed by atoms with van der Waals surface area (Å²) in [5.41, 5.74) is 2.67. The molecule has 0 aromatic carbocycles. The van der Waals surface area contributed by atoms with Crippen LogP contribution in [0.2, 0.25) is 0 Å². The second-order valence-corrected chi connectivity index (χ2v) is 1.89. The van der Waals surface area contributed by atoms with Gasteiger partial charge in [-0.05, 0) is 12.8 Å². The lowest BCUT2D eigenvalue weighted by Gasteiger charge is -2.06. The minimum Gasteiger partial charge on any atom is -0.298 e. The molecule has 0 fully saturated rings. The standard InChI is InChI=1S/C6H11NO/c1-7-8-6-4-2-3-5-6/h2-3,6-7H,4-5H2,1H3. The van der Waals surface area contributed by atoms with Gasteiger partial charge >= 0.3 is 0 Å². The summed E-state index contributed by atoms with van der Waals surface area (Å²) in [7, 11) is 1.79. The lowest BCUT2D eigenvalue weighted by Crippen LogP contribution is -2.17. The van der Waals surface area contributed by atoms with Crippen molar-refractivity contribution in [1.29, 1.82) is 0 Å². The summed E-state index contributed by atoms with van der Waals surface area (Å²) in [6, 6.07) is 0. The minimum absolute atomic E-state index is 0.389. The van der Waals surface area contributed by atoms with Gasteiger partial charge < -0.3 is 0 Å². The average molecular weight is 113 g/mol. The SMILES string of the molecule is CNOC1CC=CC1. The van der Waals surface area contributed by atoms with Crippen LogP contribution in [0.1, 0.15) is 12.8 Å². The molecule has 1 aliphatic rings. The minimum atomic E-state index is 0.389. The highest BCUT2D eigenvalue weighted by atomic mass is 16.7. The normalized spacial score (nSPS) is 20.1. The number of hydrogen-bond donors (Lipinski definition) is 1. The monoisotopic (exact) mass is 113 g/mol. The number of rotatable bonds is 2. The van der Waals surface area contributed by atoms with Crippen LogP contribution in [-0.4, -0.2) is 13.2 Å². The van der Waals surface area contributed by atoms with Crippen molar-refractivity contribution in [3.05, 3.63) is 12.2 Å². The molecule has 1 rings (SSSR count). The molecule has 0 atom stereocenters. The van der Waals surface area contributed by atoms with E-state index in [2.05, 4.69) is 17.6 Å². The van der Waals surface area contributed by atoms with Crippen molar-refractivity contribution in [3.63, 3.8) is 0 Å². The summed E-state index contributed by atoms with van der Waals surface area (Å²) >= 11 is 0. The Kier molecular flexibility index (Phi) is 2.06. The largest absolute Gasteiger partial charge is 0.298 e. The lowest BCUT2D eigenvalue weighted by molar-refractivity contribution is -0.00406. The highest BCUT2D eigenvalue weighted by molar-refractivity contribution is 4.94. The van der Waals surface area contributed by atoms with Crippen LogP contribution in [0.5, 0.6) is 0 Å². The van der Waals surface area contributed by atoms with Crippen LogP contribution in [0.25, 0.3) is 0 Å². The first-order valence-corrected chi connectivity index (χ1v) is 2.91. The molecule has 0 heterocycles. The van der Waals surface area contributed by atoms with Crippen molar-refractivity contribution in [2.75, 3.05) is 7.05 Å². The van der Waals surface area contributed by atoms with E-state index in [9.17, 15) is 0 Å². The zero-order valence-corrected chi connectivity index (χ0v) is 5.05. The van der Waals surface area contributed by atoms with Gasteiger partial charge in [0.25, 0.3) is 0 Å². The van der Waals surface area contributed by atoms with Crippen LogP contribution in [0.3, 0.4) is 0 Å². The van der Waals surface area contributed by atoms with E-state index < -0.39 is 0 Å². The second kappa shape index (κ2) is 2.84. The summed E-state index contributed by atoms with van der Waals surface area (Å²) in [4.78, 5) is 5.09. The van der Waals surface area contributed by atoms with Gasteiger partial charge in [-0.3, -0.25) is 4.84 Å². The average Bonchev–Trinajstić information content (AvgIpc) is 2.19. The summed E-state index contributed by atoms with van der Waals surface area (Å²) in [6.07, 6.45) is 6.78. The molecule has 2 nitrogen and oxygen atoms in total. The Labute approximate surface area is 49.5 Å². The van der Waals surface area contributed by atoms with Gasteiger partial charge in [0.05, 0.1) is 6.10 Å². The third kappa shape index (κ3) is 1.32. The molecule has 0 radical (unpaired) electrons. The molecule has 0 unspecified atom stereocenters.